The van der Waals surface area contributed by atoms with Crippen LogP contribution < -0.4 is 10.6 Å². The fourth-order valence-corrected chi connectivity index (χ4v) is 1.99. The molecule has 0 aliphatic heterocycles. The van der Waals surface area contributed by atoms with Crippen molar-refractivity contribution in [1.29, 1.82) is 0 Å². The van der Waals surface area contributed by atoms with Crippen LogP contribution in [0, 0.1) is 0 Å². The molecule has 0 fully saturated rings. The van der Waals surface area contributed by atoms with Crippen molar-refractivity contribution < 1.29 is 18.0 Å². The minimum atomic E-state index is -4.42. The number of hydrogen-bond donors (Lipinski definition) is 2. The Balaban J connectivity index is 2.39. The second-order valence-electron chi connectivity index (χ2n) is 4.84. The molecule has 4 nitrogen and oxygen atoms in total. The first-order valence-electron chi connectivity index (χ1n) is 7.31. The average Bonchev–Trinajstić information content (AvgIpc) is 2.47. The van der Waals surface area contributed by atoms with Gasteiger partial charge in [-0.3, -0.25) is 0 Å². The molecule has 2 amide bonds. The Labute approximate surface area is 128 Å². The molecule has 0 atom stereocenters. The molecule has 0 saturated heterocycles. The lowest BCUT2D eigenvalue weighted by atomic mass is 10.2. The maximum absolute atomic E-state index is 12.6. The average molecular weight is 317 g/mol. The van der Waals surface area contributed by atoms with Crippen LogP contribution in [0.3, 0.4) is 0 Å². The lowest BCUT2D eigenvalue weighted by molar-refractivity contribution is -0.137. The van der Waals surface area contributed by atoms with Gasteiger partial charge in [0, 0.05) is 12.2 Å². The van der Waals surface area contributed by atoms with Gasteiger partial charge in [-0.1, -0.05) is 19.9 Å². The molecule has 0 bridgehead atoms. The number of nitrogens with one attached hydrogen (secondary N) is 2. The zero-order valence-electron chi connectivity index (χ0n) is 12.8. The number of halogens is 3. The Morgan fingerprint density at radius 3 is 2.50 bits per heavy atom. The van der Waals surface area contributed by atoms with Crippen molar-refractivity contribution in [2.75, 3.05) is 31.5 Å². The molecular weight excluding hydrogens is 295 g/mol. The first-order valence-corrected chi connectivity index (χ1v) is 7.31. The second kappa shape index (κ2) is 8.63. The third kappa shape index (κ3) is 6.34. The van der Waals surface area contributed by atoms with E-state index in [-0.39, 0.29) is 5.69 Å². The number of carbonyl (C=O) groups is 1. The molecule has 1 rings (SSSR count). The predicted octanol–water partition coefficient (Wildman–Crippen LogP) is 3.56. The summed E-state index contributed by atoms with van der Waals surface area (Å²) in [5.74, 6) is 0. The molecule has 22 heavy (non-hydrogen) atoms. The lowest BCUT2D eigenvalue weighted by Gasteiger charge is -2.17. The van der Waals surface area contributed by atoms with E-state index in [9.17, 15) is 18.0 Å². The largest absolute Gasteiger partial charge is 0.416 e. The van der Waals surface area contributed by atoms with Gasteiger partial charge >= 0.3 is 12.2 Å². The van der Waals surface area contributed by atoms with Gasteiger partial charge in [0.15, 0.2) is 0 Å². The predicted molar refractivity (Wildman–Crippen MR) is 80.9 cm³/mol. The van der Waals surface area contributed by atoms with E-state index in [4.69, 9.17) is 0 Å². The number of alkyl halides is 3. The molecule has 7 heteroatoms. The molecule has 0 heterocycles. The summed E-state index contributed by atoms with van der Waals surface area (Å²) in [6.45, 7) is 7.38. The Hall–Kier alpha value is -1.76. The summed E-state index contributed by atoms with van der Waals surface area (Å²) >= 11 is 0. The molecule has 2 N–H and O–H groups in total. The van der Waals surface area contributed by atoms with E-state index in [1.165, 1.54) is 12.1 Å². The van der Waals surface area contributed by atoms with Crippen molar-refractivity contribution >= 4 is 11.7 Å². The van der Waals surface area contributed by atoms with Gasteiger partial charge in [0.2, 0.25) is 0 Å². The molecule has 0 unspecified atom stereocenters. The summed E-state index contributed by atoms with van der Waals surface area (Å²) in [7, 11) is 0. The zero-order chi connectivity index (χ0) is 16.6. The summed E-state index contributed by atoms with van der Waals surface area (Å²) < 4.78 is 37.7. The molecule has 1 aromatic rings. The highest BCUT2D eigenvalue weighted by Gasteiger charge is 2.30. The van der Waals surface area contributed by atoms with Crippen LogP contribution in [0.4, 0.5) is 23.7 Å². The lowest BCUT2D eigenvalue weighted by Crippen LogP contribution is -2.32. The van der Waals surface area contributed by atoms with Crippen molar-refractivity contribution in [3.63, 3.8) is 0 Å². The van der Waals surface area contributed by atoms with Gasteiger partial charge in [0.25, 0.3) is 0 Å². The fourth-order valence-electron chi connectivity index (χ4n) is 1.99. The van der Waals surface area contributed by atoms with Gasteiger partial charge in [-0.2, -0.15) is 13.2 Å². The van der Waals surface area contributed by atoms with Gasteiger partial charge in [0.05, 0.1) is 5.56 Å². The SMILES string of the molecule is CCN(CC)CCCNC(=O)Nc1cccc(C(F)(F)F)c1. The van der Waals surface area contributed by atoms with Crippen LogP contribution in [0.2, 0.25) is 0 Å². The quantitative estimate of drug-likeness (QED) is 0.755. The number of nitrogens with zero attached hydrogens (tertiary/aromatic N) is 1. The third-order valence-electron chi connectivity index (χ3n) is 3.28. The Kier molecular flexibility index (Phi) is 7.17. The van der Waals surface area contributed by atoms with Crippen LogP contribution in [0.25, 0.3) is 0 Å². The molecule has 0 aliphatic rings. The Morgan fingerprint density at radius 2 is 1.91 bits per heavy atom. The summed E-state index contributed by atoms with van der Waals surface area (Å²) in [6, 6.07) is 4.06. The standard InChI is InChI=1S/C15H22F3N3O/c1-3-21(4-2)10-6-9-19-14(22)20-13-8-5-7-12(11-13)15(16,17)18/h5,7-8,11H,3-4,6,9-10H2,1-2H3,(H2,19,20,22). The normalized spacial score (nSPS) is 11.5. The molecule has 0 aromatic heterocycles. The minimum absolute atomic E-state index is 0.121. The van der Waals surface area contributed by atoms with Crippen LogP contribution in [-0.4, -0.2) is 37.1 Å². The van der Waals surface area contributed by atoms with E-state index in [1.54, 1.807) is 0 Å². The van der Waals surface area contributed by atoms with E-state index in [2.05, 4.69) is 29.4 Å². The van der Waals surface area contributed by atoms with Crippen LogP contribution in [0.1, 0.15) is 25.8 Å². The summed E-state index contributed by atoms with van der Waals surface area (Å²) in [4.78, 5) is 13.9. The van der Waals surface area contributed by atoms with Gasteiger partial charge in [0.1, 0.15) is 0 Å². The summed E-state index contributed by atoms with van der Waals surface area (Å²) in [5.41, 5.74) is -0.664. The minimum Gasteiger partial charge on any atom is -0.338 e. The highest BCUT2D eigenvalue weighted by molar-refractivity contribution is 5.89. The first-order chi connectivity index (χ1) is 10.4. The topological polar surface area (TPSA) is 44.4 Å². The molecule has 0 radical (unpaired) electrons. The molecular formula is C15H22F3N3O. The van der Waals surface area contributed by atoms with E-state index < -0.39 is 17.8 Å². The van der Waals surface area contributed by atoms with Crippen LogP contribution in [-0.2, 0) is 6.18 Å². The number of hydrogen-bond acceptors (Lipinski definition) is 2. The number of anilines is 1. The van der Waals surface area contributed by atoms with Gasteiger partial charge in [-0.15, -0.1) is 0 Å². The van der Waals surface area contributed by atoms with E-state index in [0.717, 1.165) is 38.2 Å². The van der Waals surface area contributed by atoms with E-state index in [0.29, 0.717) is 6.54 Å². The summed E-state index contributed by atoms with van der Waals surface area (Å²) in [6.07, 6.45) is -3.63. The van der Waals surface area contributed by atoms with Crippen LogP contribution in [0.5, 0.6) is 0 Å². The molecule has 0 spiro atoms. The smallest absolute Gasteiger partial charge is 0.338 e. The Bertz CT molecular complexity index is 473. The van der Waals surface area contributed by atoms with E-state index in [1.807, 2.05) is 0 Å². The number of urea groups is 1. The highest BCUT2D eigenvalue weighted by atomic mass is 19.4. The molecule has 1 aromatic carbocycles. The van der Waals surface area contributed by atoms with Crippen LogP contribution in [0.15, 0.2) is 24.3 Å². The van der Waals surface area contributed by atoms with Gasteiger partial charge in [-0.25, -0.2) is 4.79 Å². The second-order valence-corrected chi connectivity index (χ2v) is 4.84. The van der Waals surface area contributed by atoms with Gasteiger partial charge in [-0.05, 0) is 44.3 Å². The highest BCUT2D eigenvalue weighted by Crippen LogP contribution is 2.30. The number of rotatable bonds is 7. The molecule has 0 saturated carbocycles. The van der Waals surface area contributed by atoms with Gasteiger partial charge < -0.3 is 15.5 Å². The number of amides is 2. The maximum atomic E-state index is 12.6. The third-order valence-corrected chi connectivity index (χ3v) is 3.28. The molecule has 124 valence electrons. The first kappa shape index (κ1) is 18.3. The monoisotopic (exact) mass is 317 g/mol. The Morgan fingerprint density at radius 1 is 1.23 bits per heavy atom. The van der Waals surface area contributed by atoms with Crippen molar-refractivity contribution in [3.8, 4) is 0 Å². The molecule has 0 aliphatic carbocycles. The maximum Gasteiger partial charge on any atom is 0.416 e. The number of benzene rings is 1. The number of carbonyl (C=O) groups excluding carboxylic acids is 1. The summed E-state index contributed by atoms with van der Waals surface area (Å²) in [5, 5.41) is 5.04. The van der Waals surface area contributed by atoms with Crippen molar-refractivity contribution in [3.05, 3.63) is 29.8 Å². The van der Waals surface area contributed by atoms with E-state index >= 15 is 0 Å². The van der Waals surface area contributed by atoms with Crippen LogP contribution >= 0.6 is 0 Å². The van der Waals surface area contributed by atoms with Crippen molar-refractivity contribution in [1.82, 2.24) is 10.2 Å². The zero-order valence-corrected chi connectivity index (χ0v) is 12.8. The van der Waals surface area contributed by atoms with Crippen molar-refractivity contribution in [2.45, 2.75) is 26.4 Å². The fraction of sp³-hybridized carbons (Fsp3) is 0.533. The van der Waals surface area contributed by atoms with Crippen molar-refractivity contribution in [2.24, 2.45) is 0 Å².